The Morgan fingerprint density at radius 2 is 2.28 bits per heavy atom. The lowest BCUT2D eigenvalue weighted by molar-refractivity contribution is -0.132. The van der Waals surface area contributed by atoms with Crippen LogP contribution in [0, 0.1) is 5.82 Å². The van der Waals surface area contributed by atoms with Crippen LogP contribution < -0.4 is 5.32 Å². The third-order valence-electron chi connectivity index (χ3n) is 4.37. The van der Waals surface area contributed by atoms with Crippen molar-refractivity contribution in [2.45, 2.75) is 12.6 Å². The lowest BCUT2D eigenvalue weighted by Crippen LogP contribution is -2.49. The molecule has 0 spiro atoms. The van der Waals surface area contributed by atoms with Gasteiger partial charge in [-0.3, -0.25) is 9.69 Å². The third kappa shape index (κ3) is 4.79. The van der Waals surface area contributed by atoms with E-state index in [9.17, 15) is 9.18 Å². The van der Waals surface area contributed by atoms with Crippen molar-refractivity contribution in [1.82, 2.24) is 15.1 Å². The molecule has 3 rings (SSSR count). The fourth-order valence-electron chi connectivity index (χ4n) is 3.03. The van der Waals surface area contributed by atoms with Crippen LogP contribution in [0.2, 0.25) is 4.34 Å². The van der Waals surface area contributed by atoms with Crippen molar-refractivity contribution in [3.05, 3.63) is 57.0 Å². The number of carbonyl (C=O) groups is 1. The van der Waals surface area contributed by atoms with Crippen LogP contribution in [0.3, 0.4) is 0 Å². The summed E-state index contributed by atoms with van der Waals surface area (Å²) in [6, 6.07) is 10.4. The highest BCUT2D eigenvalue weighted by Crippen LogP contribution is 2.24. The number of likely N-dealkylation sites (N-methyl/N-ethyl adjacent to an activating group) is 1. The first kappa shape index (κ1) is 18.3. The fraction of sp³-hybridized carbons (Fsp3) is 0.389. The molecular weight excluding hydrogens is 361 g/mol. The van der Waals surface area contributed by atoms with E-state index in [1.165, 1.54) is 17.4 Å². The molecule has 1 N–H and O–H groups in total. The van der Waals surface area contributed by atoms with Gasteiger partial charge < -0.3 is 10.2 Å². The Bertz CT molecular complexity index is 739. The quantitative estimate of drug-likeness (QED) is 0.864. The van der Waals surface area contributed by atoms with Crippen LogP contribution in [-0.4, -0.2) is 48.9 Å². The molecule has 1 amide bonds. The minimum atomic E-state index is -0.249. The van der Waals surface area contributed by atoms with Crippen molar-refractivity contribution in [1.29, 1.82) is 0 Å². The first-order chi connectivity index (χ1) is 12.0. The molecule has 0 radical (unpaired) electrons. The smallest absolute Gasteiger partial charge is 0.236 e. The van der Waals surface area contributed by atoms with Crippen LogP contribution in [0.1, 0.15) is 16.5 Å². The molecule has 1 fully saturated rings. The number of amides is 1. The number of rotatable bonds is 5. The average Bonchev–Trinajstić information content (AvgIpc) is 3.00. The van der Waals surface area contributed by atoms with Crippen LogP contribution >= 0.6 is 22.9 Å². The zero-order valence-electron chi connectivity index (χ0n) is 14.0. The number of thiophene rings is 1. The van der Waals surface area contributed by atoms with Gasteiger partial charge in [-0.05, 0) is 29.8 Å². The Hall–Kier alpha value is -1.47. The van der Waals surface area contributed by atoms with Crippen LogP contribution in [0.15, 0.2) is 36.4 Å². The summed E-state index contributed by atoms with van der Waals surface area (Å²) in [6.07, 6.45) is 0. The van der Waals surface area contributed by atoms with Crippen LogP contribution in [0.4, 0.5) is 4.39 Å². The second-order valence-corrected chi connectivity index (χ2v) is 8.00. The van der Waals surface area contributed by atoms with Gasteiger partial charge in [0.05, 0.1) is 17.4 Å². The minimum Gasteiger partial charge on any atom is -0.340 e. The first-order valence-corrected chi connectivity index (χ1v) is 9.41. The number of hydrogen-bond acceptors (Lipinski definition) is 4. The van der Waals surface area contributed by atoms with Gasteiger partial charge in [-0.15, -0.1) is 11.3 Å². The van der Waals surface area contributed by atoms with E-state index < -0.39 is 0 Å². The van der Waals surface area contributed by atoms with Crippen LogP contribution in [0.25, 0.3) is 0 Å². The number of carbonyl (C=O) groups excluding carboxylic acids is 1. The van der Waals surface area contributed by atoms with Crippen molar-refractivity contribution >= 4 is 28.8 Å². The highest BCUT2D eigenvalue weighted by Gasteiger charge is 2.26. The van der Waals surface area contributed by atoms with Gasteiger partial charge >= 0.3 is 0 Å². The Kier molecular flexibility index (Phi) is 6.06. The Morgan fingerprint density at radius 3 is 3.00 bits per heavy atom. The first-order valence-electron chi connectivity index (χ1n) is 8.21. The molecule has 1 aliphatic heterocycles. The van der Waals surface area contributed by atoms with Crippen LogP contribution in [0.5, 0.6) is 0 Å². The lowest BCUT2D eigenvalue weighted by atomic mass is 10.0. The van der Waals surface area contributed by atoms with E-state index in [0.29, 0.717) is 19.6 Å². The number of hydrogen-bond donors (Lipinski definition) is 1. The number of halogens is 2. The van der Waals surface area contributed by atoms with Gasteiger partial charge in [-0.1, -0.05) is 23.7 Å². The molecule has 4 nitrogen and oxygen atoms in total. The molecule has 1 atom stereocenters. The number of benzene rings is 1. The summed E-state index contributed by atoms with van der Waals surface area (Å²) in [5.74, 6) is -0.200. The van der Waals surface area contributed by atoms with Crippen molar-refractivity contribution in [2.75, 3.05) is 33.2 Å². The van der Waals surface area contributed by atoms with Gasteiger partial charge in [0, 0.05) is 37.6 Å². The summed E-state index contributed by atoms with van der Waals surface area (Å²) in [5, 5.41) is 3.33. The molecule has 7 heteroatoms. The zero-order valence-corrected chi connectivity index (χ0v) is 15.6. The van der Waals surface area contributed by atoms with E-state index in [1.807, 2.05) is 18.2 Å². The summed E-state index contributed by atoms with van der Waals surface area (Å²) >= 11 is 7.43. The summed E-state index contributed by atoms with van der Waals surface area (Å²) in [6.45, 7) is 3.15. The SMILES string of the molecule is CN(Cc1ccc(Cl)s1)C(=O)CN1CCNCC1c1cccc(F)c1. The van der Waals surface area contributed by atoms with Gasteiger partial charge in [-0.2, -0.15) is 0 Å². The molecule has 1 unspecified atom stereocenters. The monoisotopic (exact) mass is 381 g/mol. The highest BCUT2D eigenvalue weighted by atomic mass is 35.5. The average molecular weight is 382 g/mol. The van der Waals surface area contributed by atoms with E-state index in [1.54, 1.807) is 24.1 Å². The number of nitrogens with one attached hydrogen (secondary N) is 1. The summed E-state index contributed by atoms with van der Waals surface area (Å²) in [7, 11) is 1.80. The van der Waals surface area contributed by atoms with E-state index >= 15 is 0 Å². The fourth-order valence-corrected chi connectivity index (χ4v) is 4.17. The maximum absolute atomic E-state index is 13.6. The molecule has 1 aromatic carbocycles. The zero-order chi connectivity index (χ0) is 17.8. The molecule has 2 aromatic rings. The topological polar surface area (TPSA) is 35.6 Å². The number of nitrogens with zero attached hydrogens (tertiary/aromatic N) is 2. The third-order valence-corrected chi connectivity index (χ3v) is 5.59. The highest BCUT2D eigenvalue weighted by molar-refractivity contribution is 7.16. The molecule has 1 saturated heterocycles. The normalized spacial score (nSPS) is 18.3. The molecule has 0 saturated carbocycles. The van der Waals surface area contributed by atoms with Gasteiger partial charge in [0.1, 0.15) is 5.82 Å². The van der Waals surface area contributed by atoms with Crippen molar-refractivity contribution in [3.8, 4) is 0 Å². The Balaban J connectivity index is 1.65. The standard InChI is InChI=1S/C18H21ClFN3OS/c1-22(11-15-5-6-17(19)25-15)18(24)12-23-8-7-21-10-16(23)13-3-2-4-14(20)9-13/h2-6,9,16,21H,7-8,10-12H2,1H3. The second kappa shape index (κ2) is 8.27. The van der Waals surface area contributed by atoms with Gasteiger partial charge in [0.2, 0.25) is 5.91 Å². The van der Waals surface area contributed by atoms with E-state index in [2.05, 4.69) is 10.2 Å². The molecular formula is C18H21ClFN3OS. The molecule has 1 aliphatic rings. The number of piperazine rings is 1. The summed E-state index contributed by atoms with van der Waals surface area (Å²) < 4.78 is 14.3. The minimum absolute atomic E-state index is 0.00187. The molecule has 0 aliphatic carbocycles. The lowest BCUT2D eigenvalue weighted by Gasteiger charge is -2.36. The summed E-state index contributed by atoms with van der Waals surface area (Å²) in [4.78, 5) is 17.5. The van der Waals surface area contributed by atoms with Gasteiger partial charge in [-0.25, -0.2) is 4.39 Å². The maximum atomic E-state index is 13.6. The van der Waals surface area contributed by atoms with Gasteiger partial charge in [0.25, 0.3) is 0 Å². The molecule has 134 valence electrons. The van der Waals surface area contributed by atoms with Crippen molar-refractivity contribution in [3.63, 3.8) is 0 Å². The molecule has 0 bridgehead atoms. The summed E-state index contributed by atoms with van der Waals surface area (Å²) in [5.41, 5.74) is 0.896. The van der Waals surface area contributed by atoms with E-state index in [-0.39, 0.29) is 17.8 Å². The molecule has 25 heavy (non-hydrogen) atoms. The predicted octanol–water partition coefficient (Wildman–Crippen LogP) is 3.15. The largest absolute Gasteiger partial charge is 0.340 e. The van der Waals surface area contributed by atoms with Gasteiger partial charge in [0.15, 0.2) is 0 Å². The van der Waals surface area contributed by atoms with Crippen LogP contribution in [-0.2, 0) is 11.3 Å². The Morgan fingerprint density at radius 1 is 1.44 bits per heavy atom. The molecule has 1 aromatic heterocycles. The van der Waals surface area contributed by atoms with E-state index in [4.69, 9.17) is 11.6 Å². The predicted molar refractivity (Wildman–Crippen MR) is 99.4 cm³/mol. The van der Waals surface area contributed by atoms with Crippen molar-refractivity contribution in [2.24, 2.45) is 0 Å². The molecule has 2 heterocycles. The maximum Gasteiger partial charge on any atom is 0.236 e. The van der Waals surface area contributed by atoms with E-state index in [0.717, 1.165) is 27.9 Å². The Labute approximate surface area is 156 Å². The van der Waals surface area contributed by atoms with Crippen molar-refractivity contribution < 1.29 is 9.18 Å². The second-order valence-electron chi connectivity index (χ2n) is 6.20.